The van der Waals surface area contributed by atoms with Crippen LogP contribution >= 0.6 is 0 Å². The van der Waals surface area contributed by atoms with Crippen LogP contribution in [0.5, 0.6) is 0 Å². The Labute approximate surface area is 160 Å². The minimum absolute atomic E-state index is 0.0678. The molecule has 0 radical (unpaired) electrons. The lowest BCUT2D eigenvalue weighted by Gasteiger charge is -2.26. The first-order chi connectivity index (χ1) is 13.0. The molecule has 0 unspecified atom stereocenters. The van der Waals surface area contributed by atoms with E-state index in [2.05, 4.69) is 10.6 Å². The van der Waals surface area contributed by atoms with E-state index in [1.807, 2.05) is 61.2 Å². The third-order valence-electron chi connectivity index (χ3n) is 4.87. The van der Waals surface area contributed by atoms with Crippen LogP contribution in [-0.2, 0) is 4.79 Å². The highest BCUT2D eigenvalue weighted by Gasteiger charge is 2.18. The minimum Gasteiger partial charge on any atom is -0.376 e. The summed E-state index contributed by atoms with van der Waals surface area (Å²) in [5, 5.41) is 6.05. The van der Waals surface area contributed by atoms with E-state index in [4.69, 9.17) is 0 Å². The van der Waals surface area contributed by atoms with Crippen molar-refractivity contribution in [3.05, 3.63) is 59.2 Å². The van der Waals surface area contributed by atoms with Gasteiger partial charge in [0.15, 0.2) is 0 Å². The minimum atomic E-state index is -0.114. The summed E-state index contributed by atoms with van der Waals surface area (Å²) in [5.74, 6) is -0.0466. The zero-order chi connectivity index (χ0) is 19.2. The van der Waals surface area contributed by atoms with Gasteiger partial charge in [0.1, 0.15) is 0 Å². The molecule has 0 saturated carbocycles. The Bertz CT molecular complexity index is 826. The zero-order valence-corrected chi connectivity index (χ0v) is 16.0. The molecule has 1 heterocycles. The van der Waals surface area contributed by atoms with E-state index < -0.39 is 0 Å². The number of amides is 2. The van der Waals surface area contributed by atoms with E-state index in [-0.39, 0.29) is 18.4 Å². The fourth-order valence-corrected chi connectivity index (χ4v) is 3.29. The van der Waals surface area contributed by atoms with Crippen LogP contribution in [0.3, 0.4) is 0 Å². The number of carbonyl (C=O) groups is 2. The van der Waals surface area contributed by atoms with Crippen LogP contribution in [0, 0.1) is 13.8 Å². The van der Waals surface area contributed by atoms with E-state index in [0.717, 1.165) is 48.4 Å². The molecule has 1 aliphatic rings. The van der Waals surface area contributed by atoms with Crippen molar-refractivity contribution < 1.29 is 9.59 Å². The molecule has 0 atom stereocenters. The van der Waals surface area contributed by atoms with Gasteiger partial charge in [-0.25, -0.2) is 0 Å². The lowest BCUT2D eigenvalue weighted by Crippen LogP contribution is -2.35. The number of hydrogen-bond donors (Lipinski definition) is 2. The molecule has 2 N–H and O–H groups in total. The maximum absolute atomic E-state index is 12.6. The quantitative estimate of drug-likeness (QED) is 0.842. The highest BCUT2D eigenvalue weighted by Crippen LogP contribution is 2.18. The van der Waals surface area contributed by atoms with Gasteiger partial charge in [-0.1, -0.05) is 18.2 Å². The average Bonchev–Trinajstić information content (AvgIpc) is 2.69. The summed E-state index contributed by atoms with van der Waals surface area (Å²) in [6, 6.07) is 13.4. The van der Waals surface area contributed by atoms with Gasteiger partial charge in [0.25, 0.3) is 5.91 Å². The lowest BCUT2D eigenvalue weighted by atomic mass is 10.1. The molecule has 0 aromatic heterocycles. The Morgan fingerprint density at radius 1 is 1.00 bits per heavy atom. The Morgan fingerprint density at radius 3 is 2.56 bits per heavy atom. The summed E-state index contributed by atoms with van der Waals surface area (Å²) < 4.78 is 0. The number of nitrogens with one attached hydrogen (secondary N) is 2. The zero-order valence-electron chi connectivity index (χ0n) is 16.0. The second-order valence-electron chi connectivity index (χ2n) is 7.15. The number of anilines is 2. The lowest BCUT2D eigenvalue weighted by molar-refractivity contribution is -0.114. The van der Waals surface area contributed by atoms with Gasteiger partial charge in [0, 0.05) is 30.0 Å². The number of hydrogen-bond acceptors (Lipinski definition) is 3. The van der Waals surface area contributed by atoms with Gasteiger partial charge in [0.05, 0.1) is 6.54 Å². The average molecular weight is 365 g/mol. The normalized spacial score (nSPS) is 13.9. The van der Waals surface area contributed by atoms with Crippen LogP contribution in [0.4, 0.5) is 11.4 Å². The van der Waals surface area contributed by atoms with Crippen LogP contribution in [0.15, 0.2) is 42.5 Å². The van der Waals surface area contributed by atoms with Gasteiger partial charge in [0.2, 0.25) is 5.91 Å². The number of carbonyl (C=O) groups excluding carboxylic acids is 2. The van der Waals surface area contributed by atoms with Crippen molar-refractivity contribution in [1.82, 2.24) is 4.90 Å². The SMILES string of the molecule is Cc1ccc(C)c(NC(=O)CNc2cccc(C(=O)N3CCCCC3)c2)c1. The summed E-state index contributed by atoms with van der Waals surface area (Å²) >= 11 is 0. The standard InChI is InChI=1S/C22H27N3O2/c1-16-9-10-17(2)20(13-16)24-21(26)15-23-19-8-6-7-18(14-19)22(27)25-11-4-3-5-12-25/h6-10,13-14,23H,3-5,11-12,15H2,1-2H3,(H,24,26). The van der Waals surface area contributed by atoms with E-state index in [1.54, 1.807) is 0 Å². The fraction of sp³-hybridized carbons (Fsp3) is 0.364. The molecule has 5 heteroatoms. The van der Waals surface area contributed by atoms with E-state index in [1.165, 1.54) is 6.42 Å². The van der Waals surface area contributed by atoms with Gasteiger partial charge in [-0.05, 0) is 68.5 Å². The second kappa shape index (κ2) is 8.71. The highest BCUT2D eigenvalue weighted by atomic mass is 16.2. The molecule has 27 heavy (non-hydrogen) atoms. The molecule has 2 amide bonds. The molecule has 0 spiro atoms. The fourth-order valence-electron chi connectivity index (χ4n) is 3.29. The third kappa shape index (κ3) is 5.09. The number of nitrogens with zero attached hydrogens (tertiary/aromatic N) is 1. The topological polar surface area (TPSA) is 61.4 Å². The van der Waals surface area contributed by atoms with Crippen LogP contribution in [0.1, 0.15) is 40.7 Å². The van der Waals surface area contributed by atoms with E-state index in [0.29, 0.717) is 5.56 Å². The predicted molar refractivity (Wildman–Crippen MR) is 109 cm³/mol. The first-order valence-electron chi connectivity index (χ1n) is 9.53. The smallest absolute Gasteiger partial charge is 0.253 e. The van der Waals surface area contributed by atoms with Crippen LogP contribution < -0.4 is 10.6 Å². The summed E-state index contributed by atoms with van der Waals surface area (Å²) in [6.07, 6.45) is 3.34. The maximum atomic E-state index is 12.6. The van der Waals surface area contributed by atoms with Crippen LogP contribution in [0.2, 0.25) is 0 Å². The van der Waals surface area contributed by atoms with Crippen molar-refractivity contribution in [2.45, 2.75) is 33.1 Å². The largest absolute Gasteiger partial charge is 0.376 e. The van der Waals surface area contributed by atoms with Gasteiger partial charge < -0.3 is 15.5 Å². The van der Waals surface area contributed by atoms with Crippen molar-refractivity contribution >= 4 is 23.2 Å². The number of benzene rings is 2. The van der Waals surface area contributed by atoms with Crippen LogP contribution in [0.25, 0.3) is 0 Å². The Balaban J connectivity index is 1.58. The molecule has 2 aromatic rings. The molecule has 3 rings (SSSR count). The van der Waals surface area contributed by atoms with E-state index in [9.17, 15) is 9.59 Å². The summed E-state index contributed by atoms with van der Waals surface area (Å²) in [4.78, 5) is 26.8. The first kappa shape index (κ1) is 19.0. The summed E-state index contributed by atoms with van der Waals surface area (Å²) in [5.41, 5.74) is 4.40. The molecule has 5 nitrogen and oxygen atoms in total. The molecule has 0 bridgehead atoms. The molecule has 1 saturated heterocycles. The van der Waals surface area contributed by atoms with Crippen LogP contribution in [-0.4, -0.2) is 36.3 Å². The van der Waals surface area contributed by atoms with Gasteiger partial charge >= 0.3 is 0 Å². The second-order valence-corrected chi connectivity index (χ2v) is 7.15. The molecular formula is C22H27N3O2. The maximum Gasteiger partial charge on any atom is 0.253 e. The van der Waals surface area contributed by atoms with Crippen molar-refractivity contribution in [2.75, 3.05) is 30.3 Å². The number of likely N-dealkylation sites (tertiary alicyclic amines) is 1. The van der Waals surface area contributed by atoms with Gasteiger partial charge in [-0.2, -0.15) is 0 Å². The molecular weight excluding hydrogens is 338 g/mol. The molecule has 2 aromatic carbocycles. The van der Waals surface area contributed by atoms with Gasteiger partial charge in [-0.3, -0.25) is 9.59 Å². The number of piperidine rings is 1. The molecule has 1 aliphatic heterocycles. The highest BCUT2D eigenvalue weighted by molar-refractivity contribution is 5.96. The molecule has 1 fully saturated rings. The summed E-state index contributed by atoms with van der Waals surface area (Å²) in [7, 11) is 0. The monoisotopic (exact) mass is 365 g/mol. The number of aryl methyl sites for hydroxylation is 2. The van der Waals surface area contributed by atoms with E-state index >= 15 is 0 Å². The van der Waals surface area contributed by atoms with Gasteiger partial charge in [-0.15, -0.1) is 0 Å². The predicted octanol–water partition coefficient (Wildman–Crippen LogP) is 3.98. The van der Waals surface area contributed by atoms with Crippen molar-refractivity contribution in [1.29, 1.82) is 0 Å². The Hall–Kier alpha value is -2.82. The number of rotatable bonds is 5. The molecule has 142 valence electrons. The third-order valence-corrected chi connectivity index (χ3v) is 4.87. The Morgan fingerprint density at radius 2 is 1.78 bits per heavy atom. The Kier molecular flexibility index (Phi) is 6.12. The summed E-state index contributed by atoms with van der Waals surface area (Å²) in [6.45, 7) is 5.77. The first-order valence-corrected chi connectivity index (χ1v) is 9.53. The molecule has 0 aliphatic carbocycles. The van der Waals surface area contributed by atoms with Crippen molar-refractivity contribution in [2.24, 2.45) is 0 Å². The van der Waals surface area contributed by atoms with Crippen molar-refractivity contribution in [3.63, 3.8) is 0 Å². The van der Waals surface area contributed by atoms with Crippen molar-refractivity contribution in [3.8, 4) is 0 Å².